The van der Waals surface area contributed by atoms with E-state index >= 15 is 0 Å². The summed E-state index contributed by atoms with van der Waals surface area (Å²) in [6.07, 6.45) is -3.15. The van der Waals surface area contributed by atoms with Crippen LogP contribution >= 0.6 is 0 Å². The molecule has 0 aliphatic heterocycles. The van der Waals surface area contributed by atoms with Crippen LogP contribution in [-0.4, -0.2) is 17.3 Å². The molecule has 0 aliphatic rings. The quantitative estimate of drug-likeness (QED) is 0.638. The highest BCUT2D eigenvalue weighted by Crippen LogP contribution is 2.22. The van der Waals surface area contributed by atoms with Crippen molar-refractivity contribution in [2.75, 3.05) is 5.32 Å². The van der Waals surface area contributed by atoms with Crippen molar-refractivity contribution in [1.82, 2.24) is 0 Å². The number of amides is 1. The van der Waals surface area contributed by atoms with Crippen molar-refractivity contribution in [3.8, 4) is 0 Å². The number of rotatable bonds is 3. The molecule has 0 spiro atoms. The Morgan fingerprint density at radius 1 is 1.50 bits per heavy atom. The predicted molar refractivity (Wildman–Crippen MR) is 52.5 cm³/mol. The summed E-state index contributed by atoms with van der Waals surface area (Å²) >= 11 is 0. The minimum atomic E-state index is -3.15. The SMILES string of the molecule is Cc1ccc([N+](=O)[O-])cc1NC(=O)C(F)F. The molecule has 0 bridgehead atoms. The molecular formula is C9H8F2N2O3. The number of carbonyl (C=O) groups is 1. The maximum absolute atomic E-state index is 12.0. The molecule has 0 radical (unpaired) electrons. The fraction of sp³-hybridized carbons (Fsp3) is 0.222. The first-order valence-electron chi connectivity index (χ1n) is 4.26. The van der Waals surface area contributed by atoms with Gasteiger partial charge in [-0.15, -0.1) is 0 Å². The summed E-state index contributed by atoms with van der Waals surface area (Å²) < 4.78 is 23.9. The van der Waals surface area contributed by atoms with Gasteiger partial charge in [0.05, 0.1) is 10.6 Å². The third kappa shape index (κ3) is 2.72. The maximum Gasteiger partial charge on any atom is 0.315 e. The number of carbonyl (C=O) groups excluding carboxylic acids is 1. The van der Waals surface area contributed by atoms with Gasteiger partial charge in [-0.1, -0.05) is 6.07 Å². The number of nitrogens with zero attached hydrogens (tertiary/aromatic N) is 1. The Kier molecular flexibility index (Phi) is 3.49. The number of nitro benzene ring substituents is 1. The summed E-state index contributed by atoms with van der Waals surface area (Å²) in [6, 6.07) is 3.64. The predicted octanol–water partition coefficient (Wildman–Crippen LogP) is 2.11. The number of hydrogen-bond donors (Lipinski definition) is 1. The molecule has 0 fully saturated rings. The third-order valence-electron chi connectivity index (χ3n) is 1.89. The number of alkyl halides is 2. The monoisotopic (exact) mass is 230 g/mol. The number of halogens is 2. The lowest BCUT2D eigenvalue weighted by Crippen LogP contribution is -2.20. The van der Waals surface area contributed by atoms with Crippen LogP contribution in [0.5, 0.6) is 0 Å². The van der Waals surface area contributed by atoms with Gasteiger partial charge >= 0.3 is 6.43 Å². The number of hydrogen-bond acceptors (Lipinski definition) is 3. The summed E-state index contributed by atoms with van der Waals surface area (Å²) in [5, 5.41) is 12.3. The van der Waals surface area contributed by atoms with Gasteiger partial charge in [0.2, 0.25) is 0 Å². The van der Waals surface area contributed by atoms with Crippen molar-refractivity contribution in [1.29, 1.82) is 0 Å². The van der Waals surface area contributed by atoms with E-state index in [0.717, 1.165) is 6.07 Å². The van der Waals surface area contributed by atoms with E-state index in [1.54, 1.807) is 6.92 Å². The van der Waals surface area contributed by atoms with Crippen molar-refractivity contribution >= 4 is 17.3 Å². The van der Waals surface area contributed by atoms with E-state index in [1.165, 1.54) is 12.1 Å². The molecule has 0 atom stereocenters. The van der Waals surface area contributed by atoms with Crippen LogP contribution in [0, 0.1) is 17.0 Å². The highest BCUT2D eigenvalue weighted by Gasteiger charge is 2.17. The molecule has 1 rings (SSSR count). The number of nitrogens with one attached hydrogen (secondary N) is 1. The minimum Gasteiger partial charge on any atom is -0.321 e. The van der Waals surface area contributed by atoms with Crippen molar-refractivity contribution in [3.05, 3.63) is 33.9 Å². The van der Waals surface area contributed by atoms with E-state index in [0.29, 0.717) is 5.56 Å². The van der Waals surface area contributed by atoms with Crippen molar-refractivity contribution < 1.29 is 18.5 Å². The Hall–Kier alpha value is -2.05. The van der Waals surface area contributed by atoms with Gasteiger partial charge in [-0.3, -0.25) is 14.9 Å². The summed E-state index contributed by atoms with van der Waals surface area (Å²) in [5.41, 5.74) is 0.217. The first-order chi connectivity index (χ1) is 7.41. The van der Waals surface area contributed by atoms with Gasteiger partial charge in [0, 0.05) is 12.1 Å². The molecule has 1 N–H and O–H groups in total. The molecule has 86 valence electrons. The smallest absolute Gasteiger partial charge is 0.315 e. The number of non-ortho nitro benzene ring substituents is 1. The van der Waals surface area contributed by atoms with Gasteiger partial charge < -0.3 is 5.32 Å². The average Bonchev–Trinajstić information content (AvgIpc) is 2.20. The van der Waals surface area contributed by atoms with Crippen molar-refractivity contribution in [3.63, 3.8) is 0 Å². The molecule has 0 saturated carbocycles. The van der Waals surface area contributed by atoms with Gasteiger partial charge in [0.1, 0.15) is 0 Å². The first kappa shape index (κ1) is 12.0. The molecule has 7 heteroatoms. The minimum absolute atomic E-state index is 0.0134. The van der Waals surface area contributed by atoms with Crippen LogP contribution in [-0.2, 0) is 4.79 Å². The molecule has 1 aromatic carbocycles. The molecule has 5 nitrogen and oxygen atoms in total. The van der Waals surface area contributed by atoms with Crippen LogP contribution in [0.4, 0.5) is 20.2 Å². The van der Waals surface area contributed by atoms with Gasteiger partial charge in [-0.25, -0.2) is 0 Å². The van der Waals surface area contributed by atoms with Gasteiger partial charge in [0.15, 0.2) is 0 Å². The lowest BCUT2D eigenvalue weighted by molar-refractivity contribution is -0.384. The van der Waals surface area contributed by atoms with Crippen LogP contribution in [0.15, 0.2) is 18.2 Å². The fourth-order valence-electron chi connectivity index (χ4n) is 1.05. The topological polar surface area (TPSA) is 72.2 Å². The second kappa shape index (κ2) is 4.65. The second-order valence-electron chi connectivity index (χ2n) is 3.05. The van der Waals surface area contributed by atoms with Crippen LogP contribution in [0.1, 0.15) is 5.56 Å². The zero-order valence-electron chi connectivity index (χ0n) is 8.24. The molecule has 1 amide bonds. The first-order valence-corrected chi connectivity index (χ1v) is 4.26. The Morgan fingerprint density at radius 3 is 2.62 bits per heavy atom. The van der Waals surface area contributed by atoms with E-state index in [9.17, 15) is 23.7 Å². The van der Waals surface area contributed by atoms with E-state index in [-0.39, 0.29) is 11.4 Å². The number of anilines is 1. The van der Waals surface area contributed by atoms with E-state index in [1.807, 2.05) is 5.32 Å². The molecule has 0 aliphatic carbocycles. The van der Waals surface area contributed by atoms with Crippen LogP contribution in [0.2, 0.25) is 0 Å². The van der Waals surface area contributed by atoms with Gasteiger partial charge in [-0.2, -0.15) is 8.78 Å². The summed E-state index contributed by atoms with van der Waals surface area (Å²) in [5.74, 6) is -1.48. The standard InChI is InChI=1S/C9H8F2N2O3/c1-5-2-3-6(13(15)16)4-7(5)12-9(14)8(10)11/h2-4,8H,1H3,(H,12,14). The van der Waals surface area contributed by atoms with Crippen molar-refractivity contribution in [2.45, 2.75) is 13.3 Å². The van der Waals surface area contributed by atoms with Gasteiger partial charge in [0.25, 0.3) is 11.6 Å². The molecular weight excluding hydrogens is 222 g/mol. The Labute approximate surface area is 89.2 Å². The average molecular weight is 230 g/mol. The second-order valence-corrected chi connectivity index (χ2v) is 3.05. The van der Waals surface area contributed by atoms with Crippen molar-refractivity contribution in [2.24, 2.45) is 0 Å². The Bertz CT molecular complexity index is 435. The summed E-state index contributed by atoms with van der Waals surface area (Å²) in [7, 11) is 0. The number of benzene rings is 1. The van der Waals surface area contributed by atoms with E-state index in [4.69, 9.17) is 0 Å². The van der Waals surface area contributed by atoms with E-state index < -0.39 is 17.3 Å². The lowest BCUT2D eigenvalue weighted by Gasteiger charge is -2.07. The van der Waals surface area contributed by atoms with Gasteiger partial charge in [-0.05, 0) is 12.5 Å². The van der Waals surface area contributed by atoms with Crippen LogP contribution in [0.3, 0.4) is 0 Å². The summed E-state index contributed by atoms with van der Waals surface area (Å²) in [4.78, 5) is 20.5. The van der Waals surface area contributed by atoms with Crippen LogP contribution < -0.4 is 5.32 Å². The number of aryl methyl sites for hydroxylation is 1. The summed E-state index contributed by atoms with van der Waals surface area (Å²) in [6.45, 7) is 1.55. The molecule has 0 heterocycles. The normalized spacial score (nSPS) is 10.2. The Morgan fingerprint density at radius 2 is 2.12 bits per heavy atom. The lowest BCUT2D eigenvalue weighted by atomic mass is 10.2. The highest BCUT2D eigenvalue weighted by atomic mass is 19.3. The highest BCUT2D eigenvalue weighted by molar-refractivity contribution is 5.94. The van der Waals surface area contributed by atoms with E-state index in [2.05, 4.69) is 0 Å². The molecule has 0 unspecified atom stereocenters. The third-order valence-corrected chi connectivity index (χ3v) is 1.89. The largest absolute Gasteiger partial charge is 0.321 e. The number of nitro groups is 1. The maximum atomic E-state index is 12.0. The Balaban J connectivity index is 2.99. The fourth-order valence-corrected chi connectivity index (χ4v) is 1.05. The zero-order chi connectivity index (χ0) is 12.3. The molecule has 16 heavy (non-hydrogen) atoms. The molecule has 0 saturated heterocycles. The molecule has 0 aromatic heterocycles. The van der Waals surface area contributed by atoms with Crippen LogP contribution in [0.25, 0.3) is 0 Å². The zero-order valence-corrected chi connectivity index (χ0v) is 8.24. The molecule has 1 aromatic rings.